The summed E-state index contributed by atoms with van der Waals surface area (Å²) in [7, 11) is 1.55. The first kappa shape index (κ1) is 18.0. The quantitative estimate of drug-likeness (QED) is 0.713. The summed E-state index contributed by atoms with van der Waals surface area (Å²) in [6.07, 6.45) is 3.15. The van der Waals surface area contributed by atoms with Crippen molar-refractivity contribution in [3.05, 3.63) is 23.2 Å². The Balaban J connectivity index is 1.81. The molecule has 128 valence electrons. The molecule has 0 saturated heterocycles. The molecule has 1 saturated carbocycles. The van der Waals surface area contributed by atoms with Crippen LogP contribution in [0.3, 0.4) is 0 Å². The van der Waals surface area contributed by atoms with E-state index in [4.69, 9.17) is 16.3 Å². The molecule has 3 N–H and O–H groups in total. The second-order valence-electron chi connectivity index (χ2n) is 6.16. The van der Waals surface area contributed by atoms with Gasteiger partial charge in [0.1, 0.15) is 5.75 Å². The molecule has 0 aliphatic heterocycles. The summed E-state index contributed by atoms with van der Waals surface area (Å²) in [5.41, 5.74) is 0.573. The van der Waals surface area contributed by atoms with Crippen LogP contribution >= 0.6 is 11.6 Å². The maximum absolute atomic E-state index is 12.2. The highest BCUT2D eigenvalue weighted by Gasteiger charge is 2.25. The molecule has 0 bridgehead atoms. The van der Waals surface area contributed by atoms with Gasteiger partial charge in [-0.15, -0.1) is 0 Å². The van der Waals surface area contributed by atoms with Gasteiger partial charge < -0.3 is 20.5 Å². The summed E-state index contributed by atoms with van der Waals surface area (Å²) in [6, 6.07) is 5.15. The van der Waals surface area contributed by atoms with Crippen molar-refractivity contribution in [1.82, 2.24) is 5.32 Å². The van der Waals surface area contributed by atoms with E-state index in [1.54, 1.807) is 25.3 Å². The van der Waals surface area contributed by atoms with E-state index in [1.165, 1.54) is 0 Å². The lowest BCUT2D eigenvalue weighted by Crippen LogP contribution is -2.36. The fraction of sp³-hybridized carbons (Fsp3) is 0.588. The molecule has 3 unspecified atom stereocenters. The van der Waals surface area contributed by atoms with E-state index < -0.39 is 0 Å². The SMILES string of the molecule is COc1ccc(Cl)cc1NC(=O)CC(C)NCC1CCCC1O. The van der Waals surface area contributed by atoms with Crippen molar-refractivity contribution >= 4 is 23.2 Å². The van der Waals surface area contributed by atoms with Gasteiger partial charge in [0.25, 0.3) is 0 Å². The number of rotatable bonds is 7. The van der Waals surface area contributed by atoms with Gasteiger partial charge in [-0.3, -0.25) is 4.79 Å². The molecule has 1 aromatic carbocycles. The van der Waals surface area contributed by atoms with E-state index in [0.717, 1.165) is 25.8 Å². The lowest BCUT2D eigenvalue weighted by Gasteiger charge is -2.19. The van der Waals surface area contributed by atoms with Gasteiger partial charge in [0.15, 0.2) is 0 Å². The zero-order valence-corrected chi connectivity index (χ0v) is 14.4. The van der Waals surface area contributed by atoms with E-state index in [9.17, 15) is 9.90 Å². The third kappa shape index (κ3) is 5.37. The number of halogens is 1. The third-order valence-electron chi connectivity index (χ3n) is 4.27. The Bertz CT molecular complexity index is 539. The van der Waals surface area contributed by atoms with Crippen LogP contribution in [0.2, 0.25) is 5.02 Å². The molecule has 1 aromatic rings. The number of ether oxygens (including phenoxy) is 1. The maximum atomic E-state index is 12.2. The fourth-order valence-corrected chi connectivity index (χ4v) is 3.11. The number of carbonyl (C=O) groups is 1. The van der Waals surface area contributed by atoms with Crippen LogP contribution in [0, 0.1) is 5.92 Å². The maximum Gasteiger partial charge on any atom is 0.226 e. The Labute approximate surface area is 142 Å². The van der Waals surface area contributed by atoms with Gasteiger partial charge >= 0.3 is 0 Å². The number of amides is 1. The van der Waals surface area contributed by atoms with Crippen LogP contribution in [-0.4, -0.2) is 36.8 Å². The molecule has 3 atom stereocenters. The van der Waals surface area contributed by atoms with Gasteiger partial charge in [-0.05, 0) is 43.9 Å². The molecule has 1 amide bonds. The molecule has 2 rings (SSSR count). The average Bonchev–Trinajstić information content (AvgIpc) is 2.90. The highest BCUT2D eigenvalue weighted by atomic mass is 35.5. The minimum atomic E-state index is -0.209. The predicted octanol–water partition coefficient (Wildman–Crippen LogP) is 2.82. The summed E-state index contributed by atoms with van der Waals surface area (Å²) >= 11 is 5.96. The molecular formula is C17H25ClN2O3. The van der Waals surface area contributed by atoms with Crippen molar-refractivity contribution in [3.8, 4) is 5.75 Å². The Morgan fingerprint density at radius 1 is 1.48 bits per heavy atom. The number of methoxy groups -OCH3 is 1. The van der Waals surface area contributed by atoms with Gasteiger partial charge in [-0.1, -0.05) is 18.0 Å². The van der Waals surface area contributed by atoms with Crippen molar-refractivity contribution < 1.29 is 14.6 Å². The van der Waals surface area contributed by atoms with Crippen LogP contribution in [0.1, 0.15) is 32.6 Å². The second kappa shape index (κ2) is 8.52. The van der Waals surface area contributed by atoms with Crippen molar-refractivity contribution in [3.63, 3.8) is 0 Å². The Morgan fingerprint density at radius 2 is 2.26 bits per heavy atom. The lowest BCUT2D eigenvalue weighted by atomic mass is 10.1. The van der Waals surface area contributed by atoms with E-state index in [-0.39, 0.29) is 18.1 Å². The van der Waals surface area contributed by atoms with Gasteiger partial charge in [0.05, 0.1) is 18.9 Å². The number of carbonyl (C=O) groups excluding carboxylic acids is 1. The molecule has 1 aliphatic rings. The zero-order chi connectivity index (χ0) is 16.8. The van der Waals surface area contributed by atoms with Gasteiger partial charge in [0, 0.05) is 24.0 Å². The highest BCUT2D eigenvalue weighted by molar-refractivity contribution is 6.31. The Hall–Kier alpha value is -1.30. The third-order valence-corrected chi connectivity index (χ3v) is 4.51. The normalized spacial score (nSPS) is 21.9. The topological polar surface area (TPSA) is 70.6 Å². The molecular weight excluding hydrogens is 316 g/mol. The van der Waals surface area contributed by atoms with Crippen LogP contribution in [0.4, 0.5) is 5.69 Å². The van der Waals surface area contributed by atoms with Crippen molar-refractivity contribution in [1.29, 1.82) is 0 Å². The van der Waals surface area contributed by atoms with Gasteiger partial charge in [-0.2, -0.15) is 0 Å². The minimum absolute atomic E-state index is 0.0352. The van der Waals surface area contributed by atoms with Crippen molar-refractivity contribution in [2.45, 2.75) is 44.8 Å². The number of nitrogens with one attached hydrogen (secondary N) is 2. The number of aliphatic hydroxyl groups excluding tert-OH is 1. The number of hydrogen-bond acceptors (Lipinski definition) is 4. The van der Waals surface area contributed by atoms with Crippen LogP contribution in [-0.2, 0) is 4.79 Å². The second-order valence-corrected chi connectivity index (χ2v) is 6.60. The molecule has 0 spiro atoms. The zero-order valence-electron chi connectivity index (χ0n) is 13.6. The first-order valence-corrected chi connectivity index (χ1v) is 8.42. The number of aliphatic hydroxyl groups is 1. The number of anilines is 1. The number of benzene rings is 1. The smallest absolute Gasteiger partial charge is 0.226 e. The van der Waals surface area contributed by atoms with Crippen molar-refractivity contribution in [2.24, 2.45) is 5.92 Å². The molecule has 23 heavy (non-hydrogen) atoms. The Kier molecular flexibility index (Phi) is 6.69. The average molecular weight is 341 g/mol. The summed E-state index contributed by atoms with van der Waals surface area (Å²) in [4.78, 5) is 12.2. The summed E-state index contributed by atoms with van der Waals surface area (Å²) < 4.78 is 5.22. The first-order chi connectivity index (χ1) is 11.0. The van der Waals surface area contributed by atoms with E-state index >= 15 is 0 Å². The van der Waals surface area contributed by atoms with E-state index in [0.29, 0.717) is 28.8 Å². The highest BCUT2D eigenvalue weighted by Crippen LogP contribution is 2.28. The lowest BCUT2D eigenvalue weighted by molar-refractivity contribution is -0.116. The summed E-state index contributed by atoms with van der Waals surface area (Å²) in [5.74, 6) is 0.781. The summed E-state index contributed by atoms with van der Waals surface area (Å²) in [5, 5.41) is 16.5. The molecule has 0 aromatic heterocycles. The molecule has 5 nitrogen and oxygen atoms in total. The van der Waals surface area contributed by atoms with E-state index in [1.807, 2.05) is 6.92 Å². The summed E-state index contributed by atoms with van der Waals surface area (Å²) in [6.45, 7) is 2.71. The number of hydrogen-bond donors (Lipinski definition) is 3. The monoisotopic (exact) mass is 340 g/mol. The molecule has 0 radical (unpaired) electrons. The van der Waals surface area contributed by atoms with Gasteiger partial charge in [-0.25, -0.2) is 0 Å². The molecule has 6 heteroatoms. The standard InChI is InChI=1S/C17H25ClN2O3/c1-11(19-10-12-4-3-5-15(12)21)8-17(22)20-14-9-13(18)6-7-16(14)23-2/h6-7,9,11-12,15,19,21H,3-5,8,10H2,1-2H3,(H,20,22). The van der Waals surface area contributed by atoms with Crippen LogP contribution in [0.15, 0.2) is 18.2 Å². The predicted molar refractivity (Wildman–Crippen MR) is 92.1 cm³/mol. The molecule has 1 fully saturated rings. The van der Waals surface area contributed by atoms with Crippen LogP contribution < -0.4 is 15.4 Å². The largest absolute Gasteiger partial charge is 0.495 e. The molecule has 1 aliphatic carbocycles. The van der Waals surface area contributed by atoms with Crippen LogP contribution in [0.25, 0.3) is 0 Å². The fourth-order valence-electron chi connectivity index (χ4n) is 2.94. The van der Waals surface area contributed by atoms with Gasteiger partial charge in [0.2, 0.25) is 5.91 Å². The van der Waals surface area contributed by atoms with Crippen molar-refractivity contribution in [2.75, 3.05) is 19.0 Å². The van der Waals surface area contributed by atoms with Crippen LogP contribution in [0.5, 0.6) is 5.75 Å². The molecule has 0 heterocycles. The Morgan fingerprint density at radius 3 is 2.91 bits per heavy atom. The first-order valence-electron chi connectivity index (χ1n) is 8.04. The minimum Gasteiger partial charge on any atom is -0.495 e. The van der Waals surface area contributed by atoms with E-state index in [2.05, 4.69) is 10.6 Å².